The molecular formula is C18H27BrN2O2. The summed E-state index contributed by atoms with van der Waals surface area (Å²) in [5.41, 5.74) is 0.944. The number of hydrogen-bond acceptors (Lipinski definition) is 3. The van der Waals surface area contributed by atoms with E-state index in [0.717, 1.165) is 23.9 Å². The molecular weight excluding hydrogens is 356 g/mol. The molecule has 1 aliphatic rings. The van der Waals surface area contributed by atoms with Gasteiger partial charge >= 0.3 is 6.09 Å². The maximum absolute atomic E-state index is 11.7. The fourth-order valence-electron chi connectivity index (χ4n) is 2.72. The predicted octanol–water partition coefficient (Wildman–Crippen LogP) is 4.20. The molecule has 1 fully saturated rings. The van der Waals surface area contributed by atoms with E-state index in [1.807, 2.05) is 27.7 Å². The smallest absolute Gasteiger partial charge is 0.407 e. The number of alkyl carbamates (subject to hydrolysis) is 1. The number of ether oxygens (including phenoxy) is 1. The minimum Gasteiger partial charge on any atom is -0.444 e. The second kappa shape index (κ2) is 7.67. The molecule has 5 heteroatoms. The van der Waals surface area contributed by atoms with Crippen molar-refractivity contribution < 1.29 is 9.53 Å². The maximum atomic E-state index is 11.7. The molecule has 0 aromatic heterocycles. The third-order valence-electron chi connectivity index (χ3n) is 3.93. The van der Waals surface area contributed by atoms with Crippen LogP contribution in [0, 0.1) is 0 Å². The molecule has 1 aromatic rings. The lowest BCUT2D eigenvalue weighted by Gasteiger charge is -2.37. The van der Waals surface area contributed by atoms with Gasteiger partial charge in [-0.3, -0.25) is 0 Å². The maximum Gasteiger partial charge on any atom is 0.407 e. The zero-order chi connectivity index (χ0) is 17.0. The van der Waals surface area contributed by atoms with E-state index in [-0.39, 0.29) is 12.1 Å². The summed E-state index contributed by atoms with van der Waals surface area (Å²) in [5.74, 6) is 0.638. The summed E-state index contributed by atoms with van der Waals surface area (Å²) in [4.78, 5) is 11.7. The summed E-state index contributed by atoms with van der Waals surface area (Å²) in [5, 5.41) is 6.38. The number of carbonyl (C=O) groups excluding carboxylic acids is 1. The van der Waals surface area contributed by atoms with Crippen molar-refractivity contribution in [3.8, 4) is 0 Å². The molecule has 1 amide bonds. The van der Waals surface area contributed by atoms with Crippen LogP contribution < -0.4 is 10.6 Å². The molecule has 0 heterocycles. The van der Waals surface area contributed by atoms with E-state index in [9.17, 15) is 4.79 Å². The molecule has 1 unspecified atom stereocenters. The molecule has 0 radical (unpaired) electrons. The number of halogens is 1. The number of carbonyl (C=O) groups is 1. The Morgan fingerprint density at radius 3 is 2.70 bits per heavy atom. The Morgan fingerprint density at radius 1 is 1.39 bits per heavy atom. The van der Waals surface area contributed by atoms with E-state index in [0.29, 0.717) is 12.0 Å². The fourth-order valence-corrected chi connectivity index (χ4v) is 3.14. The molecule has 23 heavy (non-hydrogen) atoms. The second-order valence-electron chi connectivity index (χ2n) is 7.38. The normalized spacial score (nSPS) is 22.1. The molecule has 2 rings (SSSR count). The van der Waals surface area contributed by atoms with Crippen LogP contribution in [0.5, 0.6) is 0 Å². The van der Waals surface area contributed by atoms with Crippen molar-refractivity contribution in [3.63, 3.8) is 0 Å². The highest BCUT2D eigenvalue weighted by atomic mass is 79.9. The summed E-state index contributed by atoms with van der Waals surface area (Å²) in [6, 6.07) is 9.12. The molecule has 2 N–H and O–H groups in total. The Bertz CT molecular complexity index is 536. The van der Waals surface area contributed by atoms with Crippen molar-refractivity contribution >= 4 is 22.0 Å². The van der Waals surface area contributed by atoms with E-state index in [1.165, 1.54) is 5.56 Å². The van der Waals surface area contributed by atoms with Crippen LogP contribution in [-0.2, 0) is 4.74 Å². The Balaban J connectivity index is 1.65. The number of amides is 1. The van der Waals surface area contributed by atoms with Crippen molar-refractivity contribution in [3.05, 3.63) is 34.3 Å². The number of nitrogens with one attached hydrogen (secondary N) is 2. The van der Waals surface area contributed by atoms with E-state index in [4.69, 9.17) is 4.74 Å². The fraction of sp³-hybridized carbons (Fsp3) is 0.611. The molecule has 1 aromatic carbocycles. The highest BCUT2D eigenvalue weighted by Crippen LogP contribution is 2.37. The Labute approximate surface area is 147 Å². The summed E-state index contributed by atoms with van der Waals surface area (Å²) in [7, 11) is 0. The zero-order valence-electron chi connectivity index (χ0n) is 14.4. The van der Waals surface area contributed by atoms with Gasteiger partial charge in [0.25, 0.3) is 0 Å². The molecule has 1 atom stereocenters. The quantitative estimate of drug-likeness (QED) is 0.801. The minimum atomic E-state index is -0.456. The molecule has 0 bridgehead atoms. The lowest BCUT2D eigenvalue weighted by molar-refractivity contribution is 0.0506. The largest absolute Gasteiger partial charge is 0.444 e. The monoisotopic (exact) mass is 382 g/mol. The van der Waals surface area contributed by atoms with Gasteiger partial charge < -0.3 is 15.4 Å². The predicted molar refractivity (Wildman–Crippen MR) is 96.7 cm³/mol. The van der Waals surface area contributed by atoms with Crippen LogP contribution in [0.25, 0.3) is 0 Å². The van der Waals surface area contributed by atoms with Crippen molar-refractivity contribution in [2.45, 2.75) is 64.1 Å². The summed E-state index contributed by atoms with van der Waals surface area (Å²) in [6.07, 6.45) is 1.94. The van der Waals surface area contributed by atoms with Crippen molar-refractivity contribution in [2.75, 3.05) is 6.54 Å². The molecule has 0 aliphatic heterocycles. The van der Waals surface area contributed by atoms with E-state index in [1.54, 1.807) is 0 Å². The average molecular weight is 383 g/mol. The van der Waals surface area contributed by atoms with E-state index >= 15 is 0 Å². The van der Waals surface area contributed by atoms with Crippen LogP contribution in [0.2, 0.25) is 0 Å². The van der Waals surface area contributed by atoms with Gasteiger partial charge in [-0.15, -0.1) is 0 Å². The number of hydrogen-bond donors (Lipinski definition) is 2. The second-order valence-corrected chi connectivity index (χ2v) is 8.29. The third kappa shape index (κ3) is 6.15. The first-order valence-corrected chi connectivity index (χ1v) is 9.00. The molecule has 1 aliphatic carbocycles. The first-order valence-electron chi connectivity index (χ1n) is 8.21. The average Bonchev–Trinajstić information content (AvgIpc) is 2.34. The molecule has 4 nitrogen and oxygen atoms in total. The van der Waals surface area contributed by atoms with Gasteiger partial charge in [0, 0.05) is 23.1 Å². The molecule has 128 valence electrons. The molecule has 1 saturated carbocycles. The topological polar surface area (TPSA) is 50.4 Å². The van der Waals surface area contributed by atoms with Crippen LogP contribution in [0.15, 0.2) is 28.7 Å². The van der Waals surface area contributed by atoms with Gasteiger partial charge in [0.1, 0.15) is 5.60 Å². The first kappa shape index (κ1) is 18.3. The lowest BCUT2D eigenvalue weighted by atomic mass is 9.76. The minimum absolute atomic E-state index is 0.0507. The standard InChI is InChI=1S/C18H27BrN2O2/c1-12(21-17(22)23-18(2,3)4)11-20-16-9-14(10-16)13-6-5-7-15(19)8-13/h5-8,12,14,16,20H,9-11H2,1-4H3,(H,21,22). The van der Waals surface area contributed by atoms with Gasteiger partial charge in [-0.1, -0.05) is 28.1 Å². The highest BCUT2D eigenvalue weighted by molar-refractivity contribution is 9.10. The van der Waals surface area contributed by atoms with Gasteiger partial charge in [0.2, 0.25) is 0 Å². The summed E-state index contributed by atoms with van der Waals surface area (Å²) in [6.45, 7) is 8.35. The Morgan fingerprint density at radius 2 is 2.09 bits per heavy atom. The van der Waals surface area contributed by atoms with Gasteiger partial charge in [-0.25, -0.2) is 4.79 Å². The van der Waals surface area contributed by atoms with Gasteiger partial charge in [-0.2, -0.15) is 0 Å². The van der Waals surface area contributed by atoms with Crippen LogP contribution in [0.3, 0.4) is 0 Å². The van der Waals surface area contributed by atoms with Crippen LogP contribution in [0.4, 0.5) is 4.79 Å². The Kier molecular flexibility index (Phi) is 6.09. The third-order valence-corrected chi connectivity index (χ3v) is 4.43. The summed E-state index contributed by atoms with van der Waals surface area (Å²) >= 11 is 3.52. The molecule has 0 saturated heterocycles. The van der Waals surface area contributed by atoms with Crippen LogP contribution in [-0.4, -0.2) is 30.3 Å². The molecule has 0 spiro atoms. The van der Waals surface area contributed by atoms with Gasteiger partial charge in [-0.05, 0) is 64.2 Å². The van der Waals surface area contributed by atoms with Gasteiger partial charge in [0.05, 0.1) is 0 Å². The van der Waals surface area contributed by atoms with Gasteiger partial charge in [0.15, 0.2) is 0 Å². The Hall–Kier alpha value is -1.07. The van der Waals surface area contributed by atoms with E-state index in [2.05, 4.69) is 50.8 Å². The lowest BCUT2D eigenvalue weighted by Crippen LogP contribution is -2.48. The van der Waals surface area contributed by atoms with Crippen LogP contribution in [0.1, 0.15) is 52.0 Å². The number of benzene rings is 1. The number of rotatable bonds is 5. The first-order chi connectivity index (χ1) is 10.7. The summed E-state index contributed by atoms with van der Waals surface area (Å²) < 4.78 is 6.40. The van der Waals surface area contributed by atoms with E-state index < -0.39 is 5.60 Å². The highest BCUT2D eigenvalue weighted by Gasteiger charge is 2.30. The van der Waals surface area contributed by atoms with Crippen molar-refractivity contribution in [1.29, 1.82) is 0 Å². The van der Waals surface area contributed by atoms with Crippen LogP contribution >= 0.6 is 15.9 Å². The zero-order valence-corrected chi connectivity index (χ0v) is 15.9. The van der Waals surface area contributed by atoms with Crippen molar-refractivity contribution in [2.24, 2.45) is 0 Å². The SMILES string of the molecule is CC(CNC1CC(c2cccc(Br)c2)C1)NC(=O)OC(C)(C)C. The van der Waals surface area contributed by atoms with Crippen molar-refractivity contribution in [1.82, 2.24) is 10.6 Å².